The summed E-state index contributed by atoms with van der Waals surface area (Å²) in [5.41, 5.74) is 3.03. The Bertz CT molecular complexity index is 177. The van der Waals surface area contributed by atoms with Gasteiger partial charge in [0.15, 0.2) is 0 Å². The Hall–Kier alpha value is -0.560. The van der Waals surface area contributed by atoms with Crippen molar-refractivity contribution in [3.63, 3.8) is 0 Å². The van der Waals surface area contributed by atoms with Crippen molar-refractivity contribution in [3.05, 3.63) is 23.3 Å². The van der Waals surface area contributed by atoms with E-state index in [9.17, 15) is 0 Å². The van der Waals surface area contributed by atoms with Crippen LogP contribution in [0.5, 0.6) is 0 Å². The lowest BCUT2D eigenvalue weighted by atomic mass is 10.0. The predicted molar refractivity (Wildman–Crippen MR) is 49.6 cm³/mol. The fourth-order valence-electron chi connectivity index (χ4n) is 1.31. The molecule has 0 radical (unpaired) electrons. The Kier molecular flexibility index (Phi) is 3.37. The lowest BCUT2D eigenvalue weighted by molar-refractivity contribution is 0.686. The van der Waals surface area contributed by atoms with E-state index in [2.05, 4.69) is 31.3 Å². The molecule has 0 aromatic heterocycles. The van der Waals surface area contributed by atoms with Crippen molar-refractivity contribution in [2.45, 2.75) is 26.7 Å². The van der Waals surface area contributed by atoms with Crippen molar-refractivity contribution >= 4 is 0 Å². The molecule has 1 N–H and O–H groups in total. The Morgan fingerprint density at radius 1 is 1.55 bits per heavy atom. The molecule has 1 aliphatic heterocycles. The van der Waals surface area contributed by atoms with Crippen molar-refractivity contribution in [3.8, 4) is 0 Å². The fourth-order valence-corrected chi connectivity index (χ4v) is 1.31. The minimum absolute atomic E-state index is 1.07. The van der Waals surface area contributed by atoms with Crippen LogP contribution in [-0.2, 0) is 0 Å². The van der Waals surface area contributed by atoms with Gasteiger partial charge in [0.05, 0.1) is 0 Å². The molecule has 0 saturated heterocycles. The van der Waals surface area contributed by atoms with E-state index in [1.165, 1.54) is 17.6 Å². The first-order valence-electron chi connectivity index (χ1n) is 4.40. The number of nitrogens with one attached hydrogen (secondary N) is 1. The van der Waals surface area contributed by atoms with Crippen LogP contribution in [0.2, 0.25) is 0 Å². The molecule has 1 rings (SSSR count). The summed E-state index contributed by atoms with van der Waals surface area (Å²) in [6, 6.07) is 0. The van der Waals surface area contributed by atoms with Crippen LogP contribution < -0.4 is 5.32 Å². The van der Waals surface area contributed by atoms with Gasteiger partial charge in [-0.2, -0.15) is 0 Å². The van der Waals surface area contributed by atoms with Crippen LogP contribution in [0.4, 0.5) is 0 Å². The third-order valence-corrected chi connectivity index (χ3v) is 2.06. The number of rotatable bonds is 2. The molecule has 1 heteroatoms. The van der Waals surface area contributed by atoms with Crippen LogP contribution in [0.15, 0.2) is 23.3 Å². The van der Waals surface area contributed by atoms with Gasteiger partial charge in [0.2, 0.25) is 0 Å². The first-order chi connectivity index (χ1) is 5.34. The summed E-state index contributed by atoms with van der Waals surface area (Å²) < 4.78 is 0. The first kappa shape index (κ1) is 8.54. The van der Waals surface area contributed by atoms with Gasteiger partial charge in [-0.25, -0.2) is 0 Å². The van der Waals surface area contributed by atoms with Crippen molar-refractivity contribution in [1.82, 2.24) is 5.32 Å². The van der Waals surface area contributed by atoms with E-state index in [0.717, 1.165) is 19.5 Å². The van der Waals surface area contributed by atoms with Gasteiger partial charge in [0.25, 0.3) is 0 Å². The average molecular weight is 151 g/mol. The summed E-state index contributed by atoms with van der Waals surface area (Å²) >= 11 is 0. The van der Waals surface area contributed by atoms with Crippen LogP contribution in [0.3, 0.4) is 0 Å². The van der Waals surface area contributed by atoms with Crippen molar-refractivity contribution in [2.24, 2.45) is 0 Å². The van der Waals surface area contributed by atoms with E-state index < -0.39 is 0 Å². The molecule has 11 heavy (non-hydrogen) atoms. The van der Waals surface area contributed by atoms with Crippen molar-refractivity contribution in [1.29, 1.82) is 0 Å². The van der Waals surface area contributed by atoms with Gasteiger partial charge in [0, 0.05) is 6.54 Å². The second-order valence-corrected chi connectivity index (χ2v) is 3.04. The highest BCUT2D eigenvalue weighted by Crippen LogP contribution is 2.13. The maximum atomic E-state index is 3.35. The van der Waals surface area contributed by atoms with Crippen LogP contribution in [-0.4, -0.2) is 13.1 Å². The van der Waals surface area contributed by atoms with E-state index in [0.29, 0.717) is 0 Å². The SMILES string of the molecule is CC/C=C\C1=C(C)CNCC1. The third-order valence-electron chi connectivity index (χ3n) is 2.06. The predicted octanol–water partition coefficient (Wildman–Crippen LogP) is 2.26. The van der Waals surface area contributed by atoms with Gasteiger partial charge >= 0.3 is 0 Å². The second kappa shape index (κ2) is 4.35. The zero-order valence-corrected chi connectivity index (χ0v) is 7.48. The highest BCUT2D eigenvalue weighted by molar-refractivity contribution is 5.27. The minimum Gasteiger partial charge on any atom is -0.313 e. The summed E-state index contributed by atoms with van der Waals surface area (Å²) in [5.74, 6) is 0. The van der Waals surface area contributed by atoms with Gasteiger partial charge < -0.3 is 5.32 Å². The fraction of sp³-hybridized carbons (Fsp3) is 0.600. The molecule has 62 valence electrons. The van der Waals surface area contributed by atoms with Crippen molar-refractivity contribution < 1.29 is 0 Å². The second-order valence-electron chi connectivity index (χ2n) is 3.04. The molecule has 0 unspecified atom stereocenters. The molecule has 0 saturated carbocycles. The Morgan fingerprint density at radius 2 is 2.36 bits per heavy atom. The van der Waals surface area contributed by atoms with E-state index in [1.807, 2.05) is 0 Å². The van der Waals surface area contributed by atoms with Gasteiger partial charge in [-0.3, -0.25) is 0 Å². The van der Waals surface area contributed by atoms with E-state index in [-0.39, 0.29) is 0 Å². The summed E-state index contributed by atoms with van der Waals surface area (Å²) in [5, 5.41) is 3.35. The van der Waals surface area contributed by atoms with Gasteiger partial charge in [0.1, 0.15) is 0 Å². The molecule has 1 aliphatic rings. The molecule has 0 aromatic carbocycles. The molecule has 0 aliphatic carbocycles. The van der Waals surface area contributed by atoms with E-state index >= 15 is 0 Å². The zero-order chi connectivity index (χ0) is 8.10. The maximum Gasteiger partial charge on any atom is 0.0167 e. The summed E-state index contributed by atoms with van der Waals surface area (Å²) in [7, 11) is 0. The highest BCUT2D eigenvalue weighted by Gasteiger charge is 2.04. The van der Waals surface area contributed by atoms with Crippen molar-refractivity contribution in [2.75, 3.05) is 13.1 Å². The molecule has 0 fully saturated rings. The topological polar surface area (TPSA) is 12.0 Å². The largest absolute Gasteiger partial charge is 0.313 e. The minimum atomic E-state index is 1.07. The lowest BCUT2D eigenvalue weighted by Crippen LogP contribution is -2.23. The molecule has 0 aromatic rings. The molecular weight excluding hydrogens is 134 g/mol. The Morgan fingerprint density at radius 3 is 3.00 bits per heavy atom. The number of hydrogen-bond acceptors (Lipinski definition) is 1. The summed E-state index contributed by atoms with van der Waals surface area (Å²) in [6.07, 6.45) is 6.85. The molecule has 0 atom stereocenters. The Balaban J connectivity index is 2.59. The van der Waals surface area contributed by atoms with E-state index in [4.69, 9.17) is 0 Å². The first-order valence-corrected chi connectivity index (χ1v) is 4.40. The quantitative estimate of drug-likeness (QED) is 0.638. The smallest absolute Gasteiger partial charge is 0.0167 e. The van der Waals surface area contributed by atoms with Gasteiger partial charge in [-0.15, -0.1) is 0 Å². The molecule has 0 spiro atoms. The van der Waals surface area contributed by atoms with Crippen LogP contribution >= 0.6 is 0 Å². The monoisotopic (exact) mass is 151 g/mol. The molecule has 1 heterocycles. The van der Waals surface area contributed by atoms with Crippen LogP contribution in [0.25, 0.3) is 0 Å². The molecule has 1 nitrogen and oxygen atoms in total. The van der Waals surface area contributed by atoms with Gasteiger partial charge in [-0.05, 0) is 31.9 Å². The molecular formula is C10H17N. The standard InChI is InChI=1S/C10H17N/c1-3-4-5-10-6-7-11-8-9(10)2/h4-5,11H,3,6-8H2,1-2H3/b5-4-. The van der Waals surface area contributed by atoms with Crippen LogP contribution in [0, 0.1) is 0 Å². The summed E-state index contributed by atoms with van der Waals surface area (Å²) in [4.78, 5) is 0. The molecule has 0 bridgehead atoms. The third kappa shape index (κ3) is 2.51. The van der Waals surface area contributed by atoms with E-state index in [1.54, 1.807) is 0 Å². The summed E-state index contributed by atoms with van der Waals surface area (Å²) in [6.45, 7) is 6.60. The highest BCUT2D eigenvalue weighted by atomic mass is 14.9. The average Bonchev–Trinajstić information content (AvgIpc) is 2.03. The van der Waals surface area contributed by atoms with Gasteiger partial charge in [-0.1, -0.05) is 24.6 Å². The normalized spacial score (nSPS) is 19.8. The molecule has 0 amide bonds. The maximum absolute atomic E-state index is 3.35. The number of allylic oxidation sites excluding steroid dienone is 2. The Labute approximate surface area is 69.2 Å². The van der Waals surface area contributed by atoms with Crippen LogP contribution in [0.1, 0.15) is 26.7 Å². The zero-order valence-electron chi connectivity index (χ0n) is 7.48. The number of hydrogen-bond donors (Lipinski definition) is 1. The lowest BCUT2D eigenvalue weighted by Gasteiger charge is -2.15.